The number of rotatable bonds is 15. The molecule has 7 rings (SSSR count). The molecule has 3 heterocycles. The van der Waals surface area contributed by atoms with E-state index in [1.807, 2.05) is 26.2 Å². The van der Waals surface area contributed by atoms with Crippen molar-refractivity contribution in [3.63, 3.8) is 0 Å². The predicted molar refractivity (Wildman–Crippen MR) is 218 cm³/mol. The molecule has 0 bridgehead atoms. The number of amides is 3. The molecule has 3 saturated carbocycles. The zero-order valence-corrected chi connectivity index (χ0v) is 35.3. The summed E-state index contributed by atoms with van der Waals surface area (Å²) in [5, 5.41) is 19.2. The summed E-state index contributed by atoms with van der Waals surface area (Å²) in [5.41, 5.74) is -0.492. The Morgan fingerprint density at radius 1 is 1.09 bits per heavy atom. The van der Waals surface area contributed by atoms with Gasteiger partial charge in [0.2, 0.25) is 11.8 Å². The highest BCUT2D eigenvalue weighted by atomic mass is 35.5. The van der Waals surface area contributed by atoms with Crippen molar-refractivity contribution in [1.29, 1.82) is 0 Å². The van der Waals surface area contributed by atoms with E-state index in [1.54, 1.807) is 25.3 Å². The fourth-order valence-electron chi connectivity index (χ4n) is 8.18. The smallest absolute Gasteiger partial charge is 0.408 e. The maximum absolute atomic E-state index is 14.7. The molecule has 3 aromatic rings. The Bertz CT molecular complexity index is 2090. The lowest BCUT2D eigenvalue weighted by atomic mass is 9.85. The van der Waals surface area contributed by atoms with Gasteiger partial charge in [0.15, 0.2) is 0 Å². The molecule has 1 saturated heterocycles. The SMILES string of the molecule is C=C[C@@H]1C[C@]1(NC(=O)[C@@H]1C[C@@H](Oc2cc(-c3nc(C(C)C)cs3)nc3c(Cl)c(OCCOC)ccc23)CN1C(=O)[C@@H](NC(=O)OC1CC2C[C@H]2C1)C(C)(C)C)C(=O)O. The third-order valence-electron chi connectivity index (χ3n) is 11.7. The minimum Gasteiger partial charge on any atom is -0.490 e. The Balaban J connectivity index is 1.21. The van der Waals surface area contributed by atoms with Crippen molar-refractivity contribution < 1.29 is 43.2 Å². The number of aromatic nitrogens is 2. The monoisotopic (exact) mass is 837 g/mol. The minimum atomic E-state index is -1.53. The van der Waals surface area contributed by atoms with Crippen LogP contribution in [0, 0.1) is 23.2 Å². The van der Waals surface area contributed by atoms with Gasteiger partial charge in [0, 0.05) is 36.3 Å². The normalized spacial score (nSPS) is 26.5. The largest absolute Gasteiger partial charge is 0.490 e. The number of carboxylic acids is 1. The number of carboxylic acid groups (broad SMARTS) is 1. The summed E-state index contributed by atoms with van der Waals surface area (Å²) in [7, 11) is 1.58. The van der Waals surface area contributed by atoms with Gasteiger partial charge in [-0.3, -0.25) is 9.59 Å². The number of halogens is 1. The molecule has 4 fully saturated rings. The Labute approximate surface area is 347 Å². The molecular weight excluding hydrogens is 786 g/mol. The molecule has 312 valence electrons. The van der Waals surface area contributed by atoms with E-state index in [-0.39, 0.29) is 43.0 Å². The number of hydrogen-bond donors (Lipinski definition) is 3. The minimum absolute atomic E-state index is 0.0258. The molecule has 3 N–H and O–H groups in total. The molecule has 58 heavy (non-hydrogen) atoms. The first-order chi connectivity index (χ1) is 27.5. The average Bonchev–Trinajstić information content (AvgIpc) is 3.81. The number of likely N-dealkylation sites (tertiary alicyclic amines) is 1. The molecule has 1 aliphatic heterocycles. The Kier molecular flexibility index (Phi) is 11.7. The highest BCUT2D eigenvalue weighted by molar-refractivity contribution is 7.13. The number of carbonyl (C=O) groups excluding carboxylic acids is 3. The highest BCUT2D eigenvalue weighted by Gasteiger charge is 2.61. The van der Waals surface area contributed by atoms with Crippen LogP contribution in [0.3, 0.4) is 0 Å². The molecule has 3 amide bonds. The van der Waals surface area contributed by atoms with Gasteiger partial charge >= 0.3 is 12.1 Å². The van der Waals surface area contributed by atoms with Gasteiger partial charge in [-0.25, -0.2) is 19.6 Å². The van der Waals surface area contributed by atoms with Crippen molar-refractivity contribution in [2.75, 3.05) is 26.9 Å². The van der Waals surface area contributed by atoms with Crippen LogP contribution in [0.15, 0.2) is 36.2 Å². The van der Waals surface area contributed by atoms with E-state index in [1.165, 1.54) is 28.7 Å². The van der Waals surface area contributed by atoms with Gasteiger partial charge in [0.25, 0.3) is 0 Å². The quantitative estimate of drug-likeness (QED) is 0.111. The molecule has 4 aliphatic rings. The van der Waals surface area contributed by atoms with E-state index in [9.17, 15) is 24.3 Å². The van der Waals surface area contributed by atoms with Crippen LogP contribution in [0.2, 0.25) is 5.02 Å². The molecular formula is C42H52ClN5O9S. The number of nitrogens with zero attached hydrogens (tertiary/aromatic N) is 3. The Morgan fingerprint density at radius 3 is 2.45 bits per heavy atom. The number of carbonyl (C=O) groups is 4. The molecule has 16 heteroatoms. The lowest BCUT2D eigenvalue weighted by molar-refractivity contribution is -0.146. The van der Waals surface area contributed by atoms with Crippen molar-refractivity contribution in [3.05, 3.63) is 47.0 Å². The summed E-state index contributed by atoms with van der Waals surface area (Å²) in [6.45, 7) is 13.9. The number of ether oxygens (including phenoxy) is 4. The van der Waals surface area contributed by atoms with Gasteiger partial charge in [-0.05, 0) is 61.0 Å². The number of methoxy groups -OCH3 is 1. The van der Waals surface area contributed by atoms with Crippen molar-refractivity contribution in [2.45, 2.75) is 102 Å². The molecule has 3 aliphatic carbocycles. The molecule has 8 atom stereocenters. The number of hydrogen-bond acceptors (Lipinski definition) is 11. The number of pyridine rings is 1. The summed E-state index contributed by atoms with van der Waals surface area (Å²) in [5.74, 6) is -0.625. The number of alkyl carbamates (subject to hydrolysis) is 1. The van der Waals surface area contributed by atoms with E-state index in [2.05, 4.69) is 31.1 Å². The number of benzene rings is 1. The van der Waals surface area contributed by atoms with Crippen LogP contribution < -0.4 is 20.1 Å². The summed E-state index contributed by atoms with van der Waals surface area (Å²) in [4.78, 5) is 65.7. The fourth-order valence-corrected chi connectivity index (χ4v) is 9.38. The standard InChI is InChI=1S/C42H52ClN5O9S/c1-8-24-18-42(24,39(51)52)47-36(49)30-16-26(19-48(30)38(50)35(41(4,5)6)46-40(53)57-25-14-22-13-23(22)15-25)56-32-17-28(37-45-29(20-58-37)21(2)3)44-34-27(32)9-10-31(33(34)43)55-12-11-54-7/h8-10,17,20-26,30,35H,1,11-16,18-19H2,2-7H3,(H,46,53)(H,47,49)(H,51,52)/t22-,23?,24+,25?,26+,30-,35+,42+/m0/s1. The van der Waals surface area contributed by atoms with Gasteiger partial charge in [0.05, 0.1) is 24.4 Å². The van der Waals surface area contributed by atoms with Gasteiger partial charge in [0.1, 0.15) is 63.7 Å². The van der Waals surface area contributed by atoms with Crippen LogP contribution in [0.1, 0.15) is 78.3 Å². The topological polar surface area (TPSA) is 179 Å². The van der Waals surface area contributed by atoms with E-state index < -0.39 is 58.9 Å². The maximum Gasteiger partial charge on any atom is 0.408 e. The van der Waals surface area contributed by atoms with E-state index in [4.69, 9.17) is 40.5 Å². The molecule has 0 spiro atoms. The van der Waals surface area contributed by atoms with Crippen LogP contribution in [0.5, 0.6) is 11.5 Å². The molecule has 0 radical (unpaired) electrons. The second-order valence-corrected chi connectivity index (χ2v) is 18.6. The third kappa shape index (κ3) is 8.48. The predicted octanol–water partition coefficient (Wildman–Crippen LogP) is 6.59. The molecule has 14 nitrogen and oxygen atoms in total. The fraction of sp³-hybridized carbons (Fsp3) is 0.571. The number of fused-ring (bicyclic) bond motifs is 2. The number of aliphatic carboxylic acids is 1. The van der Waals surface area contributed by atoms with Crippen LogP contribution in [-0.2, 0) is 23.9 Å². The zero-order valence-electron chi connectivity index (χ0n) is 33.7. The number of thiazole rings is 1. The lowest BCUT2D eigenvalue weighted by Gasteiger charge is -2.35. The summed E-state index contributed by atoms with van der Waals surface area (Å²) < 4.78 is 23.5. The van der Waals surface area contributed by atoms with Crippen LogP contribution in [-0.4, -0.2) is 101 Å². The van der Waals surface area contributed by atoms with E-state index in [0.29, 0.717) is 51.5 Å². The van der Waals surface area contributed by atoms with Gasteiger partial charge in [-0.1, -0.05) is 52.3 Å². The summed E-state index contributed by atoms with van der Waals surface area (Å²) in [6, 6.07) is 3.07. The van der Waals surface area contributed by atoms with Crippen molar-refractivity contribution in [1.82, 2.24) is 25.5 Å². The van der Waals surface area contributed by atoms with Crippen molar-refractivity contribution in [2.24, 2.45) is 23.2 Å². The first kappa shape index (κ1) is 41.7. The van der Waals surface area contributed by atoms with Crippen molar-refractivity contribution in [3.8, 4) is 22.2 Å². The highest BCUT2D eigenvalue weighted by Crippen LogP contribution is 2.52. The average molecular weight is 838 g/mol. The van der Waals surface area contributed by atoms with Gasteiger partial charge in [-0.15, -0.1) is 17.9 Å². The second kappa shape index (κ2) is 16.3. The third-order valence-corrected chi connectivity index (χ3v) is 13.0. The zero-order chi connectivity index (χ0) is 41.7. The van der Waals surface area contributed by atoms with E-state index in [0.717, 1.165) is 18.5 Å². The lowest BCUT2D eigenvalue weighted by Crippen LogP contribution is -2.59. The van der Waals surface area contributed by atoms with E-state index >= 15 is 0 Å². The summed E-state index contributed by atoms with van der Waals surface area (Å²) in [6.07, 6.45) is 2.88. The second-order valence-electron chi connectivity index (χ2n) is 17.3. The maximum atomic E-state index is 14.7. The molecule has 1 aromatic carbocycles. The molecule has 2 aromatic heterocycles. The van der Waals surface area contributed by atoms with Crippen molar-refractivity contribution >= 4 is 57.7 Å². The first-order valence-electron chi connectivity index (χ1n) is 19.9. The number of nitrogens with one attached hydrogen (secondary N) is 2. The Hall–Kier alpha value is -4.47. The summed E-state index contributed by atoms with van der Waals surface area (Å²) >= 11 is 8.38. The van der Waals surface area contributed by atoms with Crippen LogP contribution in [0.25, 0.3) is 21.6 Å². The van der Waals surface area contributed by atoms with Crippen LogP contribution >= 0.6 is 22.9 Å². The van der Waals surface area contributed by atoms with Crippen LogP contribution in [0.4, 0.5) is 4.79 Å². The first-order valence-corrected chi connectivity index (χ1v) is 21.1. The Morgan fingerprint density at radius 2 is 1.83 bits per heavy atom. The molecule has 2 unspecified atom stereocenters. The van der Waals surface area contributed by atoms with Gasteiger partial charge in [-0.2, -0.15) is 0 Å². The van der Waals surface area contributed by atoms with Gasteiger partial charge < -0.3 is 39.6 Å².